The number of amides is 1. The molecule has 0 spiro atoms. The summed E-state index contributed by atoms with van der Waals surface area (Å²) < 4.78 is 2.00. The molecule has 0 fully saturated rings. The number of carbonyl (C=O) groups excluding carboxylic acids is 1. The van der Waals surface area contributed by atoms with Gasteiger partial charge in [0.25, 0.3) is 0 Å². The topological polar surface area (TPSA) is 67.8 Å². The Hall–Kier alpha value is -1.51. The highest BCUT2D eigenvalue weighted by atomic mass is 32.2. The lowest BCUT2D eigenvalue weighted by molar-refractivity contribution is -0.119. The summed E-state index contributed by atoms with van der Waals surface area (Å²) in [5.41, 5.74) is 2.68. The summed E-state index contributed by atoms with van der Waals surface area (Å²) in [7, 11) is 0. The molecule has 0 radical (unpaired) electrons. The SMILES string of the molecule is CC(Cc1nc2ccccc2s1)NC(=O)CSc1nncs1. The lowest BCUT2D eigenvalue weighted by atomic mass is 10.2. The van der Waals surface area contributed by atoms with Gasteiger partial charge in [0.2, 0.25) is 5.91 Å². The minimum absolute atomic E-state index is 0.00816. The van der Waals surface area contributed by atoms with E-state index in [2.05, 4.69) is 26.6 Å². The minimum Gasteiger partial charge on any atom is -0.352 e. The molecule has 0 aliphatic heterocycles. The number of nitrogens with zero attached hydrogens (tertiary/aromatic N) is 3. The van der Waals surface area contributed by atoms with E-state index in [0.717, 1.165) is 21.3 Å². The van der Waals surface area contributed by atoms with Crippen molar-refractivity contribution in [2.45, 2.75) is 23.7 Å². The molecule has 0 saturated heterocycles. The van der Waals surface area contributed by atoms with Crippen molar-refractivity contribution < 1.29 is 4.79 Å². The zero-order valence-electron chi connectivity index (χ0n) is 11.9. The van der Waals surface area contributed by atoms with Crippen molar-refractivity contribution in [2.24, 2.45) is 0 Å². The Bertz CT molecular complexity index is 723. The summed E-state index contributed by atoms with van der Waals surface area (Å²) in [4.78, 5) is 16.5. The van der Waals surface area contributed by atoms with Gasteiger partial charge < -0.3 is 5.32 Å². The average Bonchev–Trinajstić information content (AvgIpc) is 3.13. The molecule has 22 heavy (non-hydrogen) atoms. The van der Waals surface area contributed by atoms with Crippen LogP contribution in [0.2, 0.25) is 0 Å². The fourth-order valence-electron chi connectivity index (χ4n) is 1.99. The molecule has 1 amide bonds. The van der Waals surface area contributed by atoms with Crippen molar-refractivity contribution in [3.05, 3.63) is 34.8 Å². The Labute approximate surface area is 140 Å². The number of thioether (sulfide) groups is 1. The molecule has 8 heteroatoms. The number of para-hydroxylation sites is 1. The average molecular weight is 350 g/mol. The van der Waals surface area contributed by atoms with Gasteiger partial charge in [-0.05, 0) is 19.1 Å². The molecule has 3 rings (SSSR count). The number of carbonyl (C=O) groups is 1. The minimum atomic E-state index is 0.00816. The molecule has 1 atom stereocenters. The van der Waals surface area contributed by atoms with Crippen LogP contribution < -0.4 is 5.32 Å². The predicted octanol–water partition coefficient (Wildman–Crippen LogP) is 2.99. The molecule has 2 heterocycles. The number of rotatable bonds is 6. The molecule has 0 bridgehead atoms. The second-order valence-electron chi connectivity index (χ2n) is 4.74. The highest BCUT2D eigenvalue weighted by Crippen LogP contribution is 2.22. The summed E-state index contributed by atoms with van der Waals surface area (Å²) in [6.07, 6.45) is 0.745. The van der Waals surface area contributed by atoms with E-state index >= 15 is 0 Å². The summed E-state index contributed by atoms with van der Waals surface area (Å²) in [5, 5.41) is 11.7. The van der Waals surface area contributed by atoms with Crippen molar-refractivity contribution in [1.29, 1.82) is 0 Å². The zero-order chi connectivity index (χ0) is 15.4. The zero-order valence-corrected chi connectivity index (χ0v) is 14.3. The Morgan fingerprint density at radius 3 is 3.05 bits per heavy atom. The highest BCUT2D eigenvalue weighted by molar-refractivity contribution is 8.01. The van der Waals surface area contributed by atoms with E-state index in [9.17, 15) is 4.79 Å². The van der Waals surface area contributed by atoms with E-state index in [1.807, 2.05) is 25.1 Å². The molecule has 1 aromatic carbocycles. The van der Waals surface area contributed by atoms with Crippen LogP contribution in [0.3, 0.4) is 0 Å². The smallest absolute Gasteiger partial charge is 0.230 e. The van der Waals surface area contributed by atoms with Gasteiger partial charge in [-0.25, -0.2) is 4.98 Å². The Morgan fingerprint density at radius 1 is 1.41 bits per heavy atom. The monoisotopic (exact) mass is 350 g/mol. The third kappa shape index (κ3) is 4.02. The van der Waals surface area contributed by atoms with Gasteiger partial charge in [0.05, 0.1) is 21.0 Å². The Balaban J connectivity index is 1.51. The quantitative estimate of drug-likeness (QED) is 0.692. The first-order chi connectivity index (χ1) is 10.7. The number of hydrogen-bond acceptors (Lipinski definition) is 7. The van der Waals surface area contributed by atoms with Crippen LogP contribution in [-0.4, -0.2) is 32.9 Å². The van der Waals surface area contributed by atoms with E-state index in [1.165, 1.54) is 27.8 Å². The van der Waals surface area contributed by atoms with Crippen LogP contribution in [0, 0.1) is 0 Å². The first-order valence-corrected chi connectivity index (χ1v) is 9.41. The van der Waals surface area contributed by atoms with Crippen LogP contribution in [0.1, 0.15) is 11.9 Å². The van der Waals surface area contributed by atoms with Crippen molar-refractivity contribution in [1.82, 2.24) is 20.5 Å². The highest BCUT2D eigenvalue weighted by Gasteiger charge is 2.12. The number of thiazole rings is 1. The molecule has 0 saturated carbocycles. The number of fused-ring (bicyclic) bond motifs is 1. The first kappa shape index (κ1) is 15.4. The molecule has 3 aromatic rings. The van der Waals surface area contributed by atoms with Crippen molar-refractivity contribution in [3.63, 3.8) is 0 Å². The molecule has 114 valence electrons. The van der Waals surface area contributed by atoms with Crippen LogP contribution in [0.15, 0.2) is 34.1 Å². The number of benzene rings is 1. The maximum Gasteiger partial charge on any atom is 0.230 e. The largest absolute Gasteiger partial charge is 0.352 e. The molecule has 1 unspecified atom stereocenters. The summed E-state index contributed by atoms with van der Waals surface area (Å²) >= 11 is 4.53. The number of aromatic nitrogens is 3. The van der Waals surface area contributed by atoms with E-state index < -0.39 is 0 Å². The van der Waals surface area contributed by atoms with E-state index in [1.54, 1.807) is 16.8 Å². The van der Waals surface area contributed by atoms with Crippen LogP contribution >= 0.6 is 34.4 Å². The van der Waals surface area contributed by atoms with E-state index in [-0.39, 0.29) is 11.9 Å². The third-order valence-electron chi connectivity index (χ3n) is 2.89. The summed E-state index contributed by atoms with van der Waals surface area (Å²) in [5.74, 6) is 0.369. The van der Waals surface area contributed by atoms with Crippen molar-refractivity contribution >= 4 is 50.6 Å². The standard InChI is InChI=1S/C14H14N4OS3/c1-9(16-12(19)7-20-14-18-15-8-21-14)6-13-17-10-4-2-3-5-11(10)22-13/h2-5,8-9H,6-7H2,1H3,(H,16,19). The van der Waals surface area contributed by atoms with Crippen molar-refractivity contribution in [2.75, 3.05) is 5.75 Å². The molecular weight excluding hydrogens is 336 g/mol. The molecule has 5 nitrogen and oxygen atoms in total. The molecule has 0 aliphatic carbocycles. The maximum atomic E-state index is 11.9. The molecule has 2 aromatic heterocycles. The summed E-state index contributed by atoms with van der Waals surface area (Å²) in [6.45, 7) is 2.00. The Morgan fingerprint density at radius 2 is 2.27 bits per heavy atom. The second-order valence-corrected chi connectivity index (χ2v) is 7.91. The van der Waals surface area contributed by atoms with E-state index in [0.29, 0.717) is 5.75 Å². The second kappa shape index (κ2) is 7.17. The fourth-order valence-corrected chi connectivity index (χ4v) is 4.39. The summed E-state index contributed by atoms with van der Waals surface area (Å²) in [6, 6.07) is 8.14. The van der Waals surface area contributed by atoms with Crippen LogP contribution in [-0.2, 0) is 11.2 Å². The van der Waals surface area contributed by atoms with Gasteiger partial charge in [-0.15, -0.1) is 21.5 Å². The fraction of sp³-hybridized carbons (Fsp3) is 0.286. The predicted molar refractivity (Wildman–Crippen MR) is 91.6 cm³/mol. The first-order valence-electron chi connectivity index (χ1n) is 6.73. The van der Waals surface area contributed by atoms with Crippen LogP contribution in [0.5, 0.6) is 0 Å². The van der Waals surface area contributed by atoms with Gasteiger partial charge in [-0.2, -0.15) is 0 Å². The number of hydrogen-bond donors (Lipinski definition) is 1. The van der Waals surface area contributed by atoms with Crippen LogP contribution in [0.25, 0.3) is 10.2 Å². The van der Waals surface area contributed by atoms with Crippen molar-refractivity contribution in [3.8, 4) is 0 Å². The van der Waals surface area contributed by atoms with Gasteiger partial charge in [0, 0.05) is 12.5 Å². The Kier molecular flexibility index (Phi) is 5.01. The third-order valence-corrected chi connectivity index (χ3v) is 5.81. The van der Waals surface area contributed by atoms with Crippen LogP contribution in [0.4, 0.5) is 0 Å². The van der Waals surface area contributed by atoms with Gasteiger partial charge in [0.1, 0.15) is 5.51 Å². The lowest BCUT2D eigenvalue weighted by Gasteiger charge is -2.11. The van der Waals surface area contributed by atoms with E-state index in [4.69, 9.17) is 0 Å². The molecular formula is C14H14N4OS3. The normalized spacial score (nSPS) is 12.4. The van der Waals surface area contributed by atoms with Gasteiger partial charge in [-0.3, -0.25) is 4.79 Å². The van der Waals surface area contributed by atoms with Gasteiger partial charge >= 0.3 is 0 Å². The lowest BCUT2D eigenvalue weighted by Crippen LogP contribution is -2.35. The molecule has 1 N–H and O–H groups in total. The van der Waals surface area contributed by atoms with Gasteiger partial charge in [0.15, 0.2) is 4.34 Å². The van der Waals surface area contributed by atoms with Gasteiger partial charge in [-0.1, -0.05) is 35.2 Å². The maximum absolute atomic E-state index is 11.9. The number of nitrogens with one attached hydrogen (secondary N) is 1. The molecule has 0 aliphatic rings.